The van der Waals surface area contributed by atoms with Crippen LogP contribution in [-0.2, 0) is 15.8 Å². The second kappa shape index (κ2) is 8.48. The Hall–Kier alpha value is -4.12. The van der Waals surface area contributed by atoms with Crippen LogP contribution in [0.4, 0.5) is 0 Å². The highest BCUT2D eigenvalue weighted by Crippen LogP contribution is 2.64. The number of rotatable bonds is 6. The summed E-state index contributed by atoms with van der Waals surface area (Å²) in [7, 11) is 1.58. The number of ether oxygens (including phenoxy) is 1. The Balaban J connectivity index is 1.84. The first-order chi connectivity index (χ1) is 18.0. The average molecular weight is 487 g/mol. The summed E-state index contributed by atoms with van der Waals surface area (Å²) < 4.78 is 6.40. The van der Waals surface area contributed by atoms with Gasteiger partial charge in [0, 0.05) is 29.4 Å². The lowest BCUT2D eigenvalue weighted by Crippen LogP contribution is -2.58. The number of hydrogen-bond acceptors (Lipinski definition) is 4. The topological polar surface area (TPSA) is 63.6 Å². The van der Waals surface area contributed by atoms with Crippen LogP contribution in [0.25, 0.3) is 0 Å². The van der Waals surface area contributed by atoms with Crippen LogP contribution in [0, 0.1) is 0 Å². The number of benzene rings is 4. The van der Waals surface area contributed by atoms with E-state index >= 15 is 0 Å². The highest BCUT2D eigenvalue weighted by Gasteiger charge is 2.65. The van der Waals surface area contributed by atoms with Crippen molar-refractivity contribution in [1.82, 2.24) is 0 Å². The number of hydrogen-bond donors (Lipinski definition) is 1. The molecule has 7 rings (SSSR count). The second-order valence-electron chi connectivity index (χ2n) is 9.60. The molecule has 4 aromatic carbocycles. The molecule has 0 fully saturated rings. The first-order valence-electron chi connectivity index (χ1n) is 12.4. The van der Waals surface area contributed by atoms with Crippen molar-refractivity contribution < 1.29 is 19.4 Å². The van der Waals surface area contributed by atoms with Crippen LogP contribution in [0.2, 0.25) is 0 Å². The molecule has 37 heavy (non-hydrogen) atoms. The van der Waals surface area contributed by atoms with Gasteiger partial charge in [-0.2, -0.15) is 0 Å². The predicted octanol–water partition coefficient (Wildman–Crippen LogP) is 5.63. The molecule has 2 bridgehead atoms. The van der Waals surface area contributed by atoms with Gasteiger partial charge >= 0.3 is 0 Å². The molecule has 4 aromatic rings. The summed E-state index contributed by atoms with van der Waals surface area (Å²) in [5.41, 5.74) is 1.91. The molecule has 3 aliphatic carbocycles. The van der Waals surface area contributed by atoms with Crippen molar-refractivity contribution in [3.8, 4) is 0 Å². The minimum absolute atomic E-state index is 0.258. The molecule has 3 aliphatic rings. The van der Waals surface area contributed by atoms with Gasteiger partial charge in [-0.15, -0.1) is 0 Å². The van der Waals surface area contributed by atoms with Crippen molar-refractivity contribution in [2.75, 3.05) is 7.11 Å². The monoisotopic (exact) mass is 486 g/mol. The Morgan fingerprint density at radius 1 is 0.622 bits per heavy atom. The molecule has 0 aliphatic heterocycles. The van der Waals surface area contributed by atoms with E-state index < -0.39 is 17.1 Å². The van der Waals surface area contributed by atoms with Crippen LogP contribution >= 0.6 is 0 Å². The molecule has 1 unspecified atom stereocenters. The summed E-state index contributed by atoms with van der Waals surface area (Å²) in [6, 6.07) is 33.3. The zero-order chi connectivity index (χ0) is 25.8. The van der Waals surface area contributed by atoms with Crippen molar-refractivity contribution in [2.45, 2.75) is 24.0 Å². The van der Waals surface area contributed by atoms with Gasteiger partial charge in [-0.25, -0.2) is 0 Å². The van der Waals surface area contributed by atoms with Gasteiger partial charge in [0.05, 0.1) is 11.5 Å². The number of methoxy groups -OCH3 is 1. The van der Waals surface area contributed by atoms with Gasteiger partial charge in [-0.05, 0) is 29.2 Å². The van der Waals surface area contributed by atoms with E-state index in [0.29, 0.717) is 11.1 Å². The van der Waals surface area contributed by atoms with E-state index in [0.717, 1.165) is 22.3 Å². The molecule has 1 atom stereocenters. The summed E-state index contributed by atoms with van der Waals surface area (Å²) in [5, 5.41) is 11.7. The third-order valence-electron chi connectivity index (χ3n) is 7.92. The van der Waals surface area contributed by atoms with Crippen LogP contribution < -0.4 is 0 Å². The lowest BCUT2D eigenvalue weighted by molar-refractivity contribution is 0.0267. The van der Waals surface area contributed by atoms with Crippen LogP contribution in [0.3, 0.4) is 0 Å². The van der Waals surface area contributed by atoms with Gasteiger partial charge in [-0.3, -0.25) is 9.59 Å². The largest absolute Gasteiger partial charge is 0.392 e. The highest BCUT2D eigenvalue weighted by atomic mass is 16.5. The quantitative estimate of drug-likeness (QED) is 0.359. The summed E-state index contributed by atoms with van der Waals surface area (Å²) >= 11 is 0. The third kappa shape index (κ3) is 2.91. The van der Waals surface area contributed by atoms with E-state index in [1.165, 1.54) is 0 Å². The van der Waals surface area contributed by atoms with Crippen LogP contribution in [-0.4, -0.2) is 29.9 Å². The van der Waals surface area contributed by atoms with Crippen LogP contribution in [0.15, 0.2) is 120 Å². The molecule has 0 radical (unpaired) electrons. The highest BCUT2D eigenvalue weighted by molar-refractivity contribution is 6.22. The van der Waals surface area contributed by atoms with Gasteiger partial charge in [0.25, 0.3) is 0 Å². The maximum Gasteiger partial charge on any atom is 0.193 e. The molecule has 0 saturated carbocycles. The number of carbonyl (C=O) groups excluding carboxylic acids is 2. The summed E-state index contributed by atoms with van der Waals surface area (Å²) in [6.45, 7) is 1.70. The standard InChI is InChI=1S/C33H26O4/c1-21(34)32-24-17-9-11-19-26(24)33(37-2,27-20-12-10-18-25(27)32)29(31(36)23-15-7-4-8-16-23)28(32)30(35)22-13-5-3-6-14-22/h3-21,34H,1-2H3. The maximum absolute atomic E-state index is 14.5. The van der Waals surface area contributed by atoms with Crippen LogP contribution in [0.5, 0.6) is 0 Å². The summed E-state index contributed by atoms with van der Waals surface area (Å²) in [4.78, 5) is 29.1. The minimum atomic E-state index is -1.32. The zero-order valence-corrected chi connectivity index (χ0v) is 20.6. The number of aliphatic hydroxyl groups excluding tert-OH is 1. The molecule has 0 saturated heterocycles. The van der Waals surface area contributed by atoms with E-state index in [1.54, 1.807) is 62.6 Å². The Bertz CT molecular complexity index is 1520. The lowest BCUT2D eigenvalue weighted by atomic mass is 9.48. The van der Waals surface area contributed by atoms with Gasteiger partial charge in [-0.1, -0.05) is 109 Å². The fraction of sp³-hybridized carbons (Fsp3) is 0.152. The molecule has 1 N–H and O–H groups in total. The molecular formula is C33H26O4. The molecular weight excluding hydrogens is 460 g/mol. The second-order valence-corrected chi connectivity index (χ2v) is 9.60. The molecule has 0 amide bonds. The van der Waals surface area contributed by atoms with E-state index in [9.17, 15) is 14.7 Å². The van der Waals surface area contributed by atoms with Gasteiger partial charge in [0.1, 0.15) is 5.60 Å². The summed E-state index contributed by atoms with van der Waals surface area (Å²) in [5.74, 6) is -0.595. The van der Waals surface area contributed by atoms with E-state index in [1.807, 2.05) is 60.7 Å². The summed E-state index contributed by atoms with van der Waals surface area (Å²) in [6.07, 6.45) is -1.02. The zero-order valence-electron chi connectivity index (χ0n) is 20.6. The smallest absolute Gasteiger partial charge is 0.193 e. The predicted molar refractivity (Wildman–Crippen MR) is 142 cm³/mol. The third-order valence-corrected chi connectivity index (χ3v) is 7.92. The van der Waals surface area contributed by atoms with Crippen molar-refractivity contribution >= 4 is 11.6 Å². The van der Waals surface area contributed by atoms with Crippen molar-refractivity contribution in [1.29, 1.82) is 0 Å². The van der Waals surface area contributed by atoms with E-state index in [2.05, 4.69) is 0 Å². The number of carbonyl (C=O) groups is 2. The van der Waals surface area contributed by atoms with E-state index in [-0.39, 0.29) is 22.7 Å². The number of ketones is 2. The molecule has 0 aromatic heterocycles. The Morgan fingerprint density at radius 3 is 1.41 bits per heavy atom. The van der Waals surface area contributed by atoms with Gasteiger partial charge < -0.3 is 9.84 Å². The SMILES string of the molecule is COC12C(C(=O)c3ccccc3)=C(C(=O)c3ccccc3)C(C(C)O)(c3ccccc31)c1ccccc12. The fourth-order valence-corrected chi connectivity index (χ4v) is 6.48. The first kappa shape index (κ1) is 23.3. The number of aliphatic hydroxyl groups is 1. The van der Waals surface area contributed by atoms with Crippen molar-refractivity contribution in [3.05, 3.63) is 154 Å². The first-order valence-corrected chi connectivity index (χ1v) is 12.4. The molecule has 4 nitrogen and oxygen atoms in total. The molecule has 182 valence electrons. The van der Waals surface area contributed by atoms with Crippen molar-refractivity contribution in [2.24, 2.45) is 0 Å². The minimum Gasteiger partial charge on any atom is -0.392 e. The maximum atomic E-state index is 14.5. The molecule has 4 heteroatoms. The van der Waals surface area contributed by atoms with Gasteiger partial charge in [0.15, 0.2) is 11.6 Å². The lowest BCUT2D eigenvalue weighted by Gasteiger charge is -2.56. The Labute approximate surface area is 215 Å². The Morgan fingerprint density at radius 2 is 1.00 bits per heavy atom. The normalized spacial score (nSPS) is 22.2. The van der Waals surface area contributed by atoms with Gasteiger partial charge in [0.2, 0.25) is 0 Å². The molecule has 0 spiro atoms. The van der Waals surface area contributed by atoms with Crippen LogP contribution in [0.1, 0.15) is 49.9 Å². The van der Waals surface area contributed by atoms with Crippen molar-refractivity contribution in [3.63, 3.8) is 0 Å². The fourth-order valence-electron chi connectivity index (χ4n) is 6.48. The molecule has 0 heterocycles. The Kier molecular flexibility index (Phi) is 5.34. The van der Waals surface area contributed by atoms with E-state index in [4.69, 9.17) is 4.74 Å². The average Bonchev–Trinajstić information content (AvgIpc) is 2.96. The number of Topliss-reactive ketones (excluding diaryl/α,β-unsaturated/α-hetero) is 2.